The second-order valence-corrected chi connectivity index (χ2v) is 9.24. The maximum Gasteiger partial charge on any atom is 0.266 e. The zero-order valence-corrected chi connectivity index (χ0v) is 21.1. The smallest absolute Gasteiger partial charge is 0.266 e. The van der Waals surface area contributed by atoms with Crippen molar-refractivity contribution in [3.05, 3.63) is 95.5 Å². The molecule has 0 saturated carbocycles. The van der Waals surface area contributed by atoms with Crippen molar-refractivity contribution in [1.82, 2.24) is 0 Å². The normalized spacial score (nSPS) is 11.0. The van der Waals surface area contributed by atoms with Gasteiger partial charge in [0, 0.05) is 19.8 Å². The number of hydrogen-bond acceptors (Lipinski definition) is 3. The van der Waals surface area contributed by atoms with Gasteiger partial charge in [0.1, 0.15) is 18.2 Å². The van der Waals surface area contributed by atoms with Gasteiger partial charge in [-0.1, -0.05) is 41.4 Å². The van der Waals surface area contributed by atoms with Crippen LogP contribution in [-0.4, -0.2) is 5.91 Å². The van der Waals surface area contributed by atoms with Crippen LogP contribution in [0.15, 0.2) is 70.7 Å². The third-order valence-corrected chi connectivity index (χ3v) is 6.09. The average molecular weight is 628 g/mol. The Hall–Kier alpha value is -2.05. The standard InChI is InChI=1S/C23H14BrCl2IN2O2/c24-19-10-14(9-16(12-28)23(30)29-18-7-5-17(27)6-8-18)11-21(26)22(19)31-13-15-3-1-2-4-20(15)25/h1-11H,13H2,(H,29,30)/b16-9+. The van der Waals surface area contributed by atoms with E-state index in [9.17, 15) is 10.1 Å². The van der Waals surface area contributed by atoms with Gasteiger partial charge in [-0.15, -0.1) is 0 Å². The number of nitriles is 1. The molecule has 8 heteroatoms. The van der Waals surface area contributed by atoms with Crippen LogP contribution in [0.25, 0.3) is 6.08 Å². The van der Waals surface area contributed by atoms with E-state index in [-0.39, 0.29) is 12.2 Å². The Morgan fingerprint density at radius 1 is 1.13 bits per heavy atom. The lowest BCUT2D eigenvalue weighted by Gasteiger charge is -2.12. The quantitative estimate of drug-likeness (QED) is 0.175. The fourth-order valence-corrected chi connectivity index (χ4v) is 4.15. The zero-order valence-electron chi connectivity index (χ0n) is 15.8. The van der Waals surface area contributed by atoms with Crippen molar-refractivity contribution in [3.63, 3.8) is 0 Å². The molecule has 0 spiro atoms. The minimum absolute atomic E-state index is 0.0498. The first-order valence-corrected chi connectivity index (χ1v) is 11.5. The Morgan fingerprint density at radius 3 is 2.48 bits per heavy atom. The van der Waals surface area contributed by atoms with Gasteiger partial charge in [0.25, 0.3) is 5.91 Å². The number of nitrogens with zero attached hydrogens (tertiary/aromatic N) is 1. The molecule has 3 aromatic rings. The molecule has 0 saturated heterocycles. The van der Waals surface area contributed by atoms with Crippen molar-refractivity contribution < 1.29 is 9.53 Å². The van der Waals surface area contributed by atoms with Crippen molar-refractivity contribution in [1.29, 1.82) is 5.26 Å². The third-order valence-electron chi connectivity index (χ3n) is 4.13. The Labute approximate surface area is 212 Å². The maximum absolute atomic E-state index is 12.5. The molecule has 0 heterocycles. The lowest BCUT2D eigenvalue weighted by molar-refractivity contribution is -0.112. The highest BCUT2D eigenvalue weighted by Gasteiger charge is 2.13. The van der Waals surface area contributed by atoms with E-state index in [2.05, 4.69) is 43.8 Å². The van der Waals surface area contributed by atoms with E-state index < -0.39 is 5.91 Å². The van der Waals surface area contributed by atoms with Crippen molar-refractivity contribution in [2.24, 2.45) is 0 Å². The summed E-state index contributed by atoms with van der Waals surface area (Å²) < 4.78 is 7.46. The molecule has 31 heavy (non-hydrogen) atoms. The molecule has 4 nitrogen and oxygen atoms in total. The molecule has 1 N–H and O–H groups in total. The Bertz CT molecular complexity index is 1170. The summed E-state index contributed by atoms with van der Waals surface area (Å²) in [5, 5.41) is 13.1. The summed E-state index contributed by atoms with van der Waals surface area (Å²) in [6.45, 7) is 0.245. The average Bonchev–Trinajstić information content (AvgIpc) is 2.74. The first-order valence-electron chi connectivity index (χ1n) is 8.91. The van der Waals surface area contributed by atoms with E-state index in [0.29, 0.717) is 31.5 Å². The first kappa shape index (κ1) is 23.6. The minimum atomic E-state index is -0.505. The summed E-state index contributed by atoms with van der Waals surface area (Å²) in [6.07, 6.45) is 1.47. The number of carbonyl (C=O) groups is 1. The van der Waals surface area contributed by atoms with Crippen LogP contribution in [0, 0.1) is 14.9 Å². The van der Waals surface area contributed by atoms with E-state index >= 15 is 0 Å². The lowest BCUT2D eigenvalue weighted by Crippen LogP contribution is -2.13. The molecule has 0 atom stereocenters. The first-order chi connectivity index (χ1) is 14.9. The number of halogens is 4. The SMILES string of the molecule is N#C/C(=C\c1cc(Cl)c(OCc2ccccc2Cl)c(Br)c1)C(=O)Nc1ccc(I)cc1. The van der Waals surface area contributed by atoms with Gasteiger partial charge >= 0.3 is 0 Å². The molecule has 0 unspecified atom stereocenters. The zero-order chi connectivity index (χ0) is 22.4. The third kappa shape index (κ3) is 6.47. The summed E-state index contributed by atoms with van der Waals surface area (Å²) in [7, 11) is 0. The van der Waals surface area contributed by atoms with Gasteiger partial charge in [-0.25, -0.2) is 0 Å². The monoisotopic (exact) mass is 626 g/mol. The van der Waals surface area contributed by atoms with Gasteiger partial charge in [-0.3, -0.25) is 4.79 Å². The van der Waals surface area contributed by atoms with E-state index in [1.165, 1.54) is 6.08 Å². The number of carbonyl (C=O) groups excluding carboxylic acids is 1. The summed E-state index contributed by atoms with van der Waals surface area (Å²) in [5.41, 5.74) is 1.96. The molecular formula is C23H14BrCl2IN2O2. The number of anilines is 1. The van der Waals surface area contributed by atoms with Crippen molar-refractivity contribution >= 4 is 79.4 Å². The highest BCUT2D eigenvalue weighted by Crippen LogP contribution is 2.36. The molecule has 3 rings (SSSR count). The molecule has 0 aromatic heterocycles. The molecule has 0 radical (unpaired) electrons. The van der Waals surface area contributed by atoms with E-state index in [1.807, 2.05) is 36.4 Å². The molecule has 1 amide bonds. The Balaban J connectivity index is 1.77. The van der Waals surface area contributed by atoms with Gasteiger partial charge in [0.15, 0.2) is 5.75 Å². The summed E-state index contributed by atoms with van der Waals surface area (Å²) in [4.78, 5) is 12.5. The lowest BCUT2D eigenvalue weighted by atomic mass is 10.1. The van der Waals surface area contributed by atoms with Crippen LogP contribution in [0.2, 0.25) is 10.0 Å². The summed E-state index contributed by atoms with van der Waals surface area (Å²) >= 11 is 18.2. The molecule has 0 bridgehead atoms. The van der Waals surface area contributed by atoms with Crippen LogP contribution in [0.4, 0.5) is 5.69 Å². The number of nitrogens with one attached hydrogen (secondary N) is 1. The van der Waals surface area contributed by atoms with Crippen LogP contribution < -0.4 is 10.1 Å². The number of benzene rings is 3. The van der Waals surface area contributed by atoms with Crippen molar-refractivity contribution in [2.75, 3.05) is 5.32 Å². The largest absolute Gasteiger partial charge is 0.486 e. The van der Waals surface area contributed by atoms with Crippen LogP contribution in [-0.2, 0) is 11.4 Å². The van der Waals surface area contributed by atoms with Crippen LogP contribution >= 0.6 is 61.7 Å². The van der Waals surface area contributed by atoms with E-state index in [0.717, 1.165) is 9.13 Å². The fraction of sp³-hybridized carbons (Fsp3) is 0.0435. The molecule has 3 aromatic carbocycles. The molecule has 0 fully saturated rings. The molecule has 0 aliphatic heterocycles. The molecular weight excluding hydrogens is 614 g/mol. The predicted octanol–water partition coefficient (Wildman–Crippen LogP) is 7.49. The van der Waals surface area contributed by atoms with Crippen LogP contribution in [0.5, 0.6) is 5.75 Å². The minimum Gasteiger partial charge on any atom is -0.486 e. The number of rotatable bonds is 6. The Morgan fingerprint density at radius 2 is 1.84 bits per heavy atom. The highest BCUT2D eigenvalue weighted by molar-refractivity contribution is 14.1. The number of hydrogen-bond donors (Lipinski definition) is 1. The van der Waals surface area contributed by atoms with Gasteiger partial charge in [0.2, 0.25) is 0 Å². The predicted molar refractivity (Wildman–Crippen MR) is 136 cm³/mol. The summed E-state index contributed by atoms with van der Waals surface area (Å²) in [5.74, 6) is -0.0596. The highest BCUT2D eigenvalue weighted by atomic mass is 127. The Kier molecular flexibility index (Phi) is 8.38. The van der Waals surface area contributed by atoms with Gasteiger partial charge in [-0.2, -0.15) is 5.26 Å². The van der Waals surface area contributed by atoms with Crippen molar-refractivity contribution in [3.8, 4) is 11.8 Å². The molecule has 0 aliphatic rings. The number of ether oxygens (including phenoxy) is 1. The second-order valence-electron chi connectivity index (χ2n) is 6.32. The fourth-order valence-electron chi connectivity index (χ4n) is 2.61. The molecule has 156 valence electrons. The van der Waals surface area contributed by atoms with E-state index in [1.54, 1.807) is 30.3 Å². The second kappa shape index (κ2) is 11.0. The van der Waals surface area contributed by atoms with Gasteiger partial charge in [0.05, 0.1) is 9.50 Å². The summed E-state index contributed by atoms with van der Waals surface area (Å²) in [6, 6.07) is 19.9. The topological polar surface area (TPSA) is 62.1 Å². The molecule has 0 aliphatic carbocycles. The van der Waals surface area contributed by atoms with E-state index in [4.69, 9.17) is 27.9 Å². The maximum atomic E-state index is 12.5. The van der Waals surface area contributed by atoms with Gasteiger partial charge in [-0.05, 0) is 92.6 Å². The van der Waals surface area contributed by atoms with Gasteiger partial charge < -0.3 is 10.1 Å². The van der Waals surface area contributed by atoms with Crippen LogP contribution in [0.1, 0.15) is 11.1 Å². The van der Waals surface area contributed by atoms with Crippen LogP contribution in [0.3, 0.4) is 0 Å². The van der Waals surface area contributed by atoms with Crippen molar-refractivity contribution in [2.45, 2.75) is 6.61 Å². The number of amides is 1.